The average molecular weight is 409 g/mol. The van der Waals surface area contributed by atoms with Crippen LogP contribution in [0.2, 0.25) is 5.02 Å². The molecule has 1 aliphatic rings. The first-order valence-electron chi connectivity index (χ1n) is 8.56. The number of rotatable bonds is 8. The van der Waals surface area contributed by atoms with Crippen LogP contribution >= 0.6 is 11.6 Å². The summed E-state index contributed by atoms with van der Waals surface area (Å²) in [5, 5.41) is 0.596. The molecule has 0 amide bonds. The lowest BCUT2D eigenvalue weighted by Gasteiger charge is -2.10. The number of halogens is 1. The smallest absolute Gasteiger partial charge is 0.296 e. The zero-order valence-electron chi connectivity index (χ0n) is 15.0. The number of hydrogen-bond donors (Lipinski definition) is 0. The molecule has 0 radical (unpaired) electrons. The van der Waals surface area contributed by atoms with E-state index in [1.165, 1.54) is 0 Å². The third kappa shape index (κ3) is 5.03. The van der Waals surface area contributed by atoms with Crippen molar-refractivity contribution in [3.63, 3.8) is 0 Å². The van der Waals surface area contributed by atoms with Gasteiger partial charge in [-0.05, 0) is 49.9 Å². The van der Waals surface area contributed by atoms with E-state index in [2.05, 4.69) is 6.58 Å². The minimum atomic E-state index is -3.73. The highest BCUT2D eigenvalue weighted by Crippen LogP contribution is 2.37. The van der Waals surface area contributed by atoms with Gasteiger partial charge in [0.25, 0.3) is 10.1 Å². The van der Waals surface area contributed by atoms with Crippen LogP contribution in [0.5, 0.6) is 11.5 Å². The van der Waals surface area contributed by atoms with Crippen molar-refractivity contribution in [2.24, 2.45) is 0 Å². The molecule has 0 atom stereocenters. The Hall–Kier alpha value is -2.02. The van der Waals surface area contributed by atoms with Crippen molar-refractivity contribution < 1.29 is 22.1 Å². The highest BCUT2D eigenvalue weighted by atomic mass is 35.5. The SMILES string of the molecule is C=C(CCCOS(=O)(=O)c1ccc(C)cc1)Cc1cc2c(cc1Cl)OCO2. The molecule has 0 saturated carbocycles. The average Bonchev–Trinajstić information content (AvgIpc) is 3.06. The summed E-state index contributed by atoms with van der Waals surface area (Å²) in [5.74, 6) is 1.32. The Labute approximate surface area is 164 Å². The van der Waals surface area contributed by atoms with Crippen molar-refractivity contribution in [1.82, 2.24) is 0 Å². The van der Waals surface area contributed by atoms with Gasteiger partial charge in [0.05, 0.1) is 11.5 Å². The Morgan fingerprint density at radius 2 is 1.85 bits per heavy atom. The van der Waals surface area contributed by atoms with Gasteiger partial charge in [-0.2, -0.15) is 8.42 Å². The van der Waals surface area contributed by atoms with Gasteiger partial charge in [0.1, 0.15) is 0 Å². The molecule has 0 spiro atoms. The first kappa shape index (κ1) is 19.7. The van der Waals surface area contributed by atoms with Gasteiger partial charge in [-0.15, -0.1) is 0 Å². The van der Waals surface area contributed by atoms with Crippen molar-refractivity contribution >= 4 is 21.7 Å². The summed E-state index contributed by atoms with van der Waals surface area (Å²) in [6, 6.07) is 10.2. The molecule has 0 aliphatic carbocycles. The Morgan fingerprint density at radius 1 is 1.19 bits per heavy atom. The summed E-state index contributed by atoms with van der Waals surface area (Å²) in [7, 11) is -3.73. The second-order valence-electron chi connectivity index (χ2n) is 6.42. The molecular formula is C20H21ClO5S. The van der Waals surface area contributed by atoms with Crippen molar-refractivity contribution in [1.29, 1.82) is 0 Å². The maximum Gasteiger partial charge on any atom is 0.296 e. The lowest BCUT2D eigenvalue weighted by atomic mass is 10.0. The predicted octanol–water partition coefficient (Wildman–Crippen LogP) is 4.66. The lowest BCUT2D eigenvalue weighted by molar-refractivity contribution is 0.174. The number of hydrogen-bond acceptors (Lipinski definition) is 5. The molecule has 3 rings (SSSR count). The molecule has 7 heteroatoms. The largest absolute Gasteiger partial charge is 0.454 e. The molecular weight excluding hydrogens is 388 g/mol. The van der Waals surface area contributed by atoms with E-state index in [0.717, 1.165) is 16.7 Å². The first-order valence-corrected chi connectivity index (χ1v) is 10.3. The Balaban J connectivity index is 1.48. The summed E-state index contributed by atoms with van der Waals surface area (Å²) in [5.41, 5.74) is 2.83. The highest BCUT2D eigenvalue weighted by Gasteiger charge is 2.17. The van der Waals surface area contributed by atoms with Gasteiger partial charge in [-0.3, -0.25) is 4.18 Å². The predicted molar refractivity (Wildman–Crippen MR) is 104 cm³/mol. The molecule has 0 saturated heterocycles. The van der Waals surface area contributed by atoms with E-state index < -0.39 is 10.1 Å². The van der Waals surface area contributed by atoms with Gasteiger partial charge in [0.15, 0.2) is 11.5 Å². The number of allylic oxidation sites excluding steroid dienone is 1. The fraction of sp³-hybridized carbons (Fsp3) is 0.300. The maximum absolute atomic E-state index is 12.1. The molecule has 27 heavy (non-hydrogen) atoms. The molecule has 5 nitrogen and oxygen atoms in total. The summed E-state index contributed by atoms with van der Waals surface area (Å²) < 4.78 is 40.1. The van der Waals surface area contributed by atoms with E-state index in [0.29, 0.717) is 35.8 Å². The van der Waals surface area contributed by atoms with Crippen LogP contribution in [0.1, 0.15) is 24.0 Å². The van der Waals surface area contributed by atoms with Crippen LogP contribution < -0.4 is 9.47 Å². The second kappa shape index (κ2) is 8.33. The van der Waals surface area contributed by atoms with Gasteiger partial charge in [0.2, 0.25) is 6.79 Å². The van der Waals surface area contributed by atoms with Crippen LogP contribution in [0.4, 0.5) is 0 Å². The molecule has 2 aromatic carbocycles. The van der Waals surface area contributed by atoms with Crippen LogP contribution in [0, 0.1) is 6.92 Å². The van der Waals surface area contributed by atoms with Crippen LogP contribution in [-0.4, -0.2) is 21.8 Å². The quantitative estimate of drug-likeness (QED) is 0.361. The molecule has 0 bridgehead atoms. The van der Waals surface area contributed by atoms with E-state index in [1.54, 1.807) is 30.3 Å². The van der Waals surface area contributed by atoms with Crippen molar-refractivity contribution in [3.05, 3.63) is 64.7 Å². The van der Waals surface area contributed by atoms with Crippen molar-refractivity contribution in [2.75, 3.05) is 13.4 Å². The number of fused-ring (bicyclic) bond motifs is 1. The van der Waals surface area contributed by atoms with E-state index in [9.17, 15) is 8.42 Å². The van der Waals surface area contributed by atoms with Gasteiger partial charge in [-0.25, -0.2) is 0 Å². The molecule has 0 aromatic heterocycles. The molecule has 1 heterocycles. The lowest BCUT2D eigenvalue weighted by Crippen LogP contribution is -2.08. The third-order valence-corrected chi connectivity index (χ3v) is 5.88. The number of ether oxygens (including phenoxy) is 2. The van der Waals surface area contributed by atoms with Crippen LogP contribution in [0.3, 0.4) is 0 Å². The number of benzene rings is 2. The second-order valence-corrected chi connectivity index (χ2v) is 8.44. The van der Waals surface area contributed by atoms with Gasteiger partial charge < -0.3 is 9.47 Å². The maximum atomic E-state index is 12.1. The molecule has 1 aliphatic heterocycles. The summed E-state index contributed by atoms with van der Waals surface area (Å²) >= 11 is 6.27. The number of aryl methyl sites for hydroxylation is 1. The fourth-order valence-electron chi connectivity index (χ4n) is 2.72. The zero-order valence-corrected chi connectivity index (χ0v) is 16.6. The van der Waals surface area contributed by atoms with Crippen molar-refractivity contribution in [3.8, 4) is 11.5 Å². The normalized spacial score (nSPS) is 13.0. The summed E-state index contributed by atoms with van der Waals surface area (Å²) in [4.78, 5) is 0.166. The molecule has 0 unspecified atom stereocenters. The highest BCUT2D eigenvalue weighted by molar-refractivity contribution is 7.86. The standard InChI is InChI=1S/C20H21ClO5S/c1-14-5-7-17(8-6-14)27(22,23)26-9-3-4-15(2)10-16-11-19-20(12-18(16)21)25-13-24-19/h5-8,11-12H,2-4,9-10,13H2,1H3. The van der Waals surface area contributed by atoms with Gasteiger partial charge in [0, 0.05) is 11.1 Å². The monoisotopic (exact) mass is 408 g/mol. The van der Waals surface area contributed by atoms with E-state index >= 15 is 0 Å². The van der Waals surface area contributed by atoms with E-state index in [-0.39, 0.29) is 18.3 Å². The summed E-state index contributed by atoms with van der Waals surface area (Å²) in [6.07, 6.45) is 1.76. The van der Waals surface area contributed by atoms with Gasteiger partial charge >= 0.3 is 0 Å². The van der Waals surface area contributed by atoms with Crippen LogP contribution in [0.15, 0.2) is 53.4 Å². The van der Waals surface area contributed by atoms with Gasteiger partial charge in [-0.1, -0.05) is 41.4 Å². The zero-order chi connectivity index (χ0) is 19.4. The fourth-order valence-corrected chi connectivity index (χ4v) is 3.88. The topological polar surface area (TPSA) is 61.8 Å². The first-order chi connectivity index (χ1) is 12.8. The minimum absolute atomic E-state index is 0.101. The Bertz CT molecular complexity index is 936. The summed E-state index contributed by atoms with van der Waals surface area (Å²) in [6.45, 7) is 6.25. The van der Waals surface area contributed by atoms with Crippen molar-refractivity contribution in [2.45, 2.75) is 31.1 Å². The minimum Gasteiger partial charge on any atom is -0.454 e. The Kier molecular flexibility index (Phi) is 6.09. The molecule has 2 aromatic rings. The van der Waals surface area contributed by atoms with E-state index in [1.807, 2.05) is 13.0 Å². The molecule has 0 fully saturated rings. The van der Waals surface area contributed by atoms with Crippen LogP contribution in [0.25, 0.3) is 0 Å². The Morgan fingerprint density at radius 3 is 2.56 bits per heavy atom. The van der Waals surface area contributed by atoms with E-state index in [4.69, 9.17) is 25.3 Å². The molecule has 0 N–H and O–H groups in total. The van der Waals surface area contributed by atoms with Crippen LogP contribution in [-0.2, 0) is 20.7 Å². The molecule has 144 valence electrons. The third-order valence-electron chi connectivity index (χ3n) is 4.20.